The zero-order chi connectivity index (χ0) is 23.4. The van der Waals surface area contributed by atoms with Crippen LogP contribution in [0.3, 0.4) is 0 Å². The van der Waals surface area contributed by atoms with Crippen molar-refractivity contribution in [2.24, 2.45) is 5.73 Å². The summed E-state index contributed by atoms with van der Waals surface area (Å²) >= 11 is 6.11. The molecule has 0 radical (unpaired) electrons. The third-order valence-electron chi connectivity index (χ3n) is 4.45. The molecule has 0 unspecified atom stereocenters. The first-order chi connectivity index (χ1) is 15.2. The van der Waals surface area contributed by atoms with E-state index in [-0.39, 0.29) is 46.6 Å². The Kier molecular flexibility index (Phi) is 6.96. The van der Waals surface area contributed by atoms with Crippen LogP contribution in [-0.2, 0) is 11.3 Å². The SMILES string of the molecule is CN(C)C(=O)c1nc(CNC(=O)CN)n(-c2ccc(Cl)cc2C(=O)c2ccccc2F)n1. The van der Waals surface area contributed by atoms with Gasteiger partial charge in [0.25, 0.3) is 5.91 Å². The van der Waals surface area contributed by atoms with E-state index in [1.165, 1.54) is 66.1 Å². The van der Waals surface area contributed by atoms with Gasteiger partial charge in [-0.3, -0.25) is 14.4 Å². The second kappa shape index (κ2) is 9.67. The quantitative estimate of drug-likeness (QED) is 0.518. The fourth-order valence-corrected chi connectivity index (χ4v) is 3.03. The van der Waals surface area contributed by atoms with E-state index in [0.29, 0.717) is 0 Å². The molecule has 1 heterocycles. The van der Waals surface area contributed by atoms with Crippen molar-refractivity contribution in [2.45, 2.75) is 6.54 Å². The molecule has 2 amide bonds. The summed E-state index contributed by atoms with van der Waals surface area (Å²) in [5, 5.41) is 7.04. The number of nitrogens with zero attached hydrogens (tertiary/aromatic N) is 4. The highest BCUT2D eigenvalue weighted by atomic mass is 35.5. The Bertz CT molecular complexity index is 1190. The number of nitrogens with two attached hydrogens (primary N) is 1. The second-order valence-electron chi connectivity index (χ2n) is 6.91. The van der Waals surface area contributed by atoms with E-state index in [0.717, 1.165) is 0 Å². The smallest absolute Gasteiger partial charge is 0.293 e. The Hall–Kier alpha value is -3.63. The van der Waals surface area contributed by atoms with Crippen molar-refractivity contribution in [3.8, 4) is 5.69 Å². The molecule has 9 nitrogen and oxygen atoms in total. The lowest BCUT2D eigenvalue weighted by atomic mass is 10.0. The summed E-state index contributed by atoms with van der Waals surface area (Å²) in [6.07, 6.45) is 0. The van der Waals surface area contributed by atoms with Crippen LogP contribution < -0.4 is 11.1 Å². The standard InChI is InChI=1S/C21H20ClFN6O3/c1-28(2)21(32)20-26-17(11-25-18(30)10-24)29(27-20)16-8-7-12(22)9-14(16)19(31)13-5-3-4-6-15(13)23/h3-9H,10-11,24H2,1-2H3,(H,25,30). The molecular formula is C21H20ClFN6O3. The molecule has 0 saturated carbocycles. The molecule has 0 aliphatic rings. The van der Waals surface area contributed by atoms with Crippen LogP contribution in [0, 0.1) is 5.82 Å². The predicted octanol–water partition coefficient (Wildman–Crippen LogP) is 1.57. The van der Waals surface area contributed by atoms with Crippen LogP contribution in [0.15, 0.2) is 42.5 Å². The summed E-state index contributed by atoms with van der Waals surface area (Å²) in [5.74, 6) is -2.23. The van der Waals surface area contributed by atoms with Gasteiger partial charge in [-0.25, -0.2) is 14.1 Å². The highest BCUT2D eigenvalue weighted by Crippen LogP contribution is 2.24. The van der Waals surface area contributed by atoms with Gasteiger partial charge in [-0.2, -0.15) is 0 Å². The van der Waals surface area contributed by atoms with E-state index in [1.807, 2.05) is 0 Å². The van der Waals surface area contributed by atoms with E-state index < -0.39 is 23.4 Å². The maximum atomic E-state index is 14.3. The van der Waals surface area contributed by atoms with Crippen molar-refractivity contribution >= 4 is 29.2 Å². The Labute approximate surface area is 188 Å². The molecule has 0 bridgehead atoms. The largest absolute Gasteiger partial charge is 0.348 e. The first kappa shape index (κ1) is 23.0. The highest BCUT2D eigenvalue weighted by Gasteiger charge is 2.24. The number of carbonyl (C=O) groups is 3. The zero-order valence-corrected chi connectivity index (χ0v) is 18.1. The Balaban J connectivity index is 2.16. The third-order valence-corrected chi connectivity index (χ3v) is 4.69. The van der Waals surface area contributed by atoms with Gasteiger partial charge in [0, 0.05) is 24.7 Å². The van der Waals surface area contributed by atoms with Gasteiger partial charge in [-0.05, 0) is 30.3 Å². The summed E-state index contributed by atoms with van der Waals surface area (Å²) in [5.41, 5.74) is 5.43. The fourth-order valence-electron chi connectivity index (χ4n) is 2.86. The molecule has 3 rings (SSSR count). The minimum atomic E-state index is -0.694. The molecule has 166 valence electrons. The number of aromatic nitrogens is 3. The average Bonchev–Trinajstić information content (AvgIpc) is 3.20. The first-order valence-corrected chi connectivity index (χ1v) is 9.84. The van der Waals surface area contributed by atoms with E-state index in [1.54, 1.807) is 0 Å². The monoisotopic (exact) mass is 458 g/mol. The van der Waals surface area contributed by atoms with Crippen LogP contribution in [0.25, 0.3) is 5.69 Å². The molecular weight excluding hydrogens is 439 g/mol. The topological polar surface area (TPSA) is 123 Å². The molecule has 2 aromatic carbocycles. The average molecular weight is 459 g/mol. The number of carbonyl (C=O) groups excluding carboxylic acids is 3. The van der Waals surface area contributed by atoms with Gasteiger partial charge in [-0.1, -0.05) is 23.7 Å². The van der Waals surface area contributed by atoms with Crippen molar-refractivity contribution in [1.82, 2.24) is 25.0 Å². The van der Waals surface area contributed by atoms with E-state index >= 15 is 0 Å². The molecule has 0 saturated heterocycles. The van der Waals surface area contributed by atoms with Crippen LogP contribution in [0.5, 0.6) is 0 Å². The van der Waals surface area contributed by atoms with Gasteiger partial charge in [0.2, 0.25) is 11.7 Å². The van der Waals surface area contributed by atoms with Crippen molar-refractivity contribution in [3.63, 3.8) is 0 Å². The van der Waals surface area contributed by atoms with Crippen LogP contribution >= 0.6 is 11.6 Å². The highest BCUT2D eigenvalue weighted by molar-refractivity contribution is 6.31. The maximum Gasteiger partial charge on any atom is 0.293 e. The zero-order valence-electron chi connectivity index (χ0n) is 17.3. The lowest BCUT2D eigenvalue weighted by Gasteiger charge is -2.12. The summed E-state index contributed by atoms with van der Waals surface area (Å²) in [6, 6.07) is 9.94. The summed E-state index contributed by atoms with van der Waals surface area (Å²) in [7, 11) is 3.07. The fraction of sp³-hybridized carbons (Fsp3) is 0.190. The number of nitrogens with one attached hydrogen (secondary N) is 1. The Morgan fingerprint density at radius 2 is 1.88 bits per heavy atom. The van der Waals surface area contributed by atoms with Crippen molar-refractivity contribution < 1.29 is 18.8 Å². The van der Waals surface area contributed by atoms with Gasteiger partial charge in [0.1, 0.15) is 5.82 Å². The van der Waals surface area contributed by atoms with Gasteiger partial charge >= 0.3 is 0 Å². The van der Waals surface area contributed by atoms with E-state index in [9.17, 15) is 18.8 Å². The predicted molar refractivity (Wildman–Crippen MR) is 115 cm³/mol. The number of rotatable bonds is 7. The van der Waals surface area contributed by atoms with E-state index in [4.69, 9.17) is 17.3 Å². The van der Waals surface area contributed by atoms with Gasteiger partial charge < -0.3 is 16.0 Å². The summed E-state index contributed by atoms with van der Waals surface area (Å²) in [6.45, 7) is -0.352. The minimum absolute atomic E-state index is 0.0442. The van der Waals surface area contributed by atoms with Gasteiger partial charge in [0.15, 0.2) is 11.6 Å². The number of ketones is 1. The van der Waals surface area contributed by atoms with Crippen LogP contribution in [0.4, 0.5) is 4.39 Å². The van der Waals surface area contributed by atoms with Crippen molar-refractivity contribution in [2.75, 3.05) is 20.6 Å². The number of hydrogen-bond donors (Lipinski definition) is 2. The molecule has 32 heavy (non-hydrogen) atoms. The van der Waals surface area contributed by atoms with E-state index in [2.05, 4.69) is 15.4 Å². The summed E-state index contributed by atoms with van der Waals surface area (Å²) in [4.78, 5) is 42.7. The number of amides is 2. The molecule has 0 atom stereocenters. The molecule has 3 N–H and O–H groups in total. The lowest BCUT2D eigenvalue weighted by molar-refractivity contribution is -0.119. The maximum absolute atomic E-state index is 14.3. The first-order valence-electron chi connectivity index (χ1n) is 9.46. The second-order valence-corrected chi connectivity index (χ2v) is 7.35. The Morgan fingerprint density at radius 3 is 2.53 bits per heavy atom. The number of benzene rings is 2. The number of halogens is 2. The lowest BCUT2D eigenvalue weighted by Crippen LogP contribution is -2.30. The molecule has 0 spiro atoms. The molecule has 0 aliphatic heterocycles. The normalized spacial score (nSPS) is 10.7. The van der Waals surface area contributed by atoms with Crippen LogP contribution in [0.1, 0.15) is 32.4 Å². The Morgan fingerprint density at radius 1 is 1.16 bits per heavy atom. The molecule has 0 fully saturated rings. The third kappa shape index (κ3) is 4.82. The summed E-state index contributed by atoms with van der Waals surface area (Å²) < 4.78 is 15.5. The minimum Gasteiger partial charge on any atom is -0.348 e. The molecule has 3 aromatic rings. The van der Waals surface area contributed by atoms with Crippen molar-refractivity contribution in [1.29, 1.82) is 0 Å². The van der Waals surface area contributed by atoms with Gasteiger partial charge in [-0.15, -0.1) is 5.10 Å². The van der Waals surface area contributed by atoms with Crippen molar-refractivity contribution in [3.05, 3.63) is 76.1 Å². The molecule has 11 heteroatoms. The van der Waals surface area contributed by atoms with Crippen LogP contribution in [-0.4, -0.2) is 57.9 Å². The number of hydrogen-bond acceptors (Lipinski definition) is 6. The van der Waals surface area contributed by atoms with Gasteiger partial charge in [0.05, 0.1) is 24.3 Å². The van der Waals surface area contributed by atoms with Crippen LogP contribution in [0.2, 0.25) is 5.02 Å². The molecule has 1 aromatic heterocycles. The molecule has 0 aliphatic carbocycles.